The molecule has 1 saturated heterocycles. The molecule has 0 spiro atoms. The van der Waals surface area contributed by atoms with Crippen molar-refractivity contribution in [2.75, 3.05) is 13.2 Å². The molecule has 0 aromatic heterocycles. The van der Waals surface area contributed by atoms with Gasteiger partial charge in [0.1, 0.15) is 24.4 Å². The number of carbonyl (C=O) groups excluding carboxylic acids is 1. The Morgan fingerprint density at radius 1 is 1.33 bits per heavy atom. The Hall–Kier alpha value is -1.07. The summed E-state index contributed by atoms with van der Waals surface area (Å²) in [6.07, 6.45) is -6.16. The van der Waals surface area contributed by atoms with Gasteiger partial charge in [-0.2, -0.15) is 0 Å². The minimum absolute atomic E-state index is 0.0918. The number of Topliss-reactive ketones (excluding diaryl/α,β-unsaturated/α-hetero) is 1. The van der Waals surface area contributed by atoms with Crippen LogP contribution in [-0.4, -0.2) is 81.0 Å². The molecule has 1 fully saturated rings. The average Bonchev–Trinajstić information content (AvgIpc) is 2.44. The van der Waals surface area contributed by atoms with Gasteiger partial charge in [0.05, 0.1) is 13.2 Å². The van der Waals surface area contributed by atoms with Crippen molar-refractivity contribution in [2.45, 2.75) is 43.4 Å². The van der Waals surface area contributed by atoms with Crippen LogP contribution in [0.25, 0.3) is 0 Å². The summed E-state index contributed by atoms with van der Waals surface area (Å²) in [6, 6.07) is 0. The SMILES string of the molecule is CC1(O)OCC=C(OC2O[C@H](CO)[C@@H](O)[C@H](O)[C@H]2O)C1=O. The zero-order chi connectivity index (χ0) is 15.8. The monoisotopic (exact) mass is 306 g/mol. The molecule has 0 saturated carbocycles. The highest BCUT2D eigenvalue weighted by Crippen LogP contribution is 2.27. The highest BCUT2D eigenvalue weighted by Gasteiger charge is 2.46. The molecule has 0 aliphatic carbocycles. The van der Waals surface area contributed by atoms with Gasteiger partial charge in [-0.15, -0.1) is 0 Å². The molecule has 2 aliphatic rings. The van der Waals surface area contributed by atoms with E-state index in [-0.39, 0.29) is 12.4 Å². The number of hydrogen-bond acceptors (Lipinski definition) is 9. The van der Waals surface area contributed by atoms with E-state index in [1.165, 1.54) is 6.08 Å². The van der Waals surface area contributed by atoms with Gasteiger partial charge < -0.3 is 39.7 Å². The Kier molecular flexibility index (Phi) is 4.63. The third-order valence-corrected chi connectivity index (χ3v) is 3.37. The summed E-state index contributed by atoms with van der Waals surface area (Å²) in [5, 5.41) is 47.8. The molecule has 0 bridgehead atoms. The van der Waals surface area contributed by atoms with Crippen molar-refractivity contribution >= 4 is 5.78 Å². The highest BCUT2D eigenvalue weighted by molar-refractivity contribution is 5.99. The smallest absolute Gasteiger partial charge is 0.255 e. The van der Waals surface area contributed by atoms with E-state index < -0.39 is 48.9 Å². The Bertz CT molecular complexity index is 430. The first-order valence-corrected chi connectivity index (χ1v) is 6.36. The lowest BCUT2D eigenvalue weighted by molar-refractivity contribution is -0.293. The maximum Gasteiger partial charge on any atom is 0.255 e. The summed E-state index contributed by atoms with van der Waals surface area (Å²) in [7, 11) is 0. The van der Waals surface area contributed by atoms with E-state index in [1.807, 2.05) is 0 Å². The Morgan fingerprint density at radius 2 is 2.00 bits per heavy atom. The third-order valence-electron chi connectivity index (χ3n) is 3.37. The Morgan fingerprint density at radius 3 is 2.62 bits per heavy atom. The van der Waals surface area contributed by atoms with E-state index >= 15 is 0 Å². The number of rotatable bonds is 3. The van der Waals surface area contributed by atoms with E-state index in [0.717, 1.165) is 6.92 Å². The third kappa shape index (κ3) is 3.09. The maximum absolute atomic E-state index is 11.9. The van der Waals surface area contributed by atoms with Gasteiger partial charge in [0.15, 0.2) is 5.76 Å². The molecule has 9 nitrogen and oxygen atoms in total. The summed E-state index contributed by atoms with van der Waals surface area (Å²) in [4.78, 5) is 11.9. The summed E-state index contributed by atoms with van der Waals surface area (Å²) in [6.45, 7) is 0.434. The fraction of sp³-hybridized carbons (Fsp3) is 0.750. The maximum atomic E-state index is 11.9. The molecule has 21 heavy (non-hydrogen) atoms. The van der Waals surface area contributed by atoms with Crippen LogP contribution in [0.2, 0.25) is 0 Å². The van der Waals surface area contributed by atoms with E-state index in [2.05, 4.69) is 0 Å². The van der Waals surface area contributed by atoms with Crippen LogP contribution in [0.5, 0.6) is 0 Å². The van der Waals surface area contributed by atoms with Crippen LogP contribution in [-0.2, 0) is 19.0 Å². The van der Waals surface area contributed by atoms with Crippen LogP contribution < -0.4 is 0 Å². The van der Waals surface area contributed by atoms with Crippen LogP contribution in [0.3, 0.4) is 0 Å². The number of ketones is 1. The average molecular weight is 306 g/mol. The van der Waals surface area contributed by atoms with Gasteiger partial charge in [-0.1, -0.05) is 0 Å². The molecule has 120 valence electrons. The first-order chi connectivity index (χ1) is 9.77. The lowest BCUT2D eigenvalue weighted by Crippen LogP contribution is -2.59. The Labute approximate surface area is 120 Å². The van der Waals surface area contributed by atoms with E-state index in [9.17, 15) is 25.2 Å². The van der Waals surface area contributed by atoms with Crippen molar-refractivity contribution in [3.05, 3.63) is 11.8 Å². The van der Waals surface area contributed by atoms with Crippen LogP contribution in [0.15, 0.2) is 11.8 Å². The normalized spacial score (nSPS) is 44.4. The van der Waals surface area contributed by atoms with Gasteiger partial charge in [0.2, 0.25) is 12.1 Å². The molecule has 2 unspecified atom stereocenters. The van der Waals surface area contributed by atoms with Crippen molar-refractivity contribution < 1.29 is 44.5 Å². The fourth-order valence-electron chi connectivity index (χ4n) is 2.06. The molecule has 0 aromatic rings. The van der Waals surface area contributed by atoms with Gasteiger partial charge in [-0.25, -0.2) is 0 Å². The minimum Gasteiger partial charge on any atom is -0.458 e. The lowest BCUT2D eigenvalue weighted by atomic mass is 9.99. The molecule has 2 heterocycles. The minimum atomic E-state index is -2.06. The van der Waals surface area contributed by atoms with Gasteiger partial charge in [0.25, 0.3) is 5.78 Å². The molecule has 0 radical (unpaired) electrons. The standard InChI is InChI=1S/C12H18O9/c1-12(18)10(17)5(2-3-19-12)20-11-9(16)8(15)7(14)6(4-13)21-11/h2,6-9,11,13-16,18H,3-4H2,1H3/t6-,7-,8+,9-,11?,12?/m1/s1. The number of hydrogen-bond donors (Lipinski definition) is 5. The first kappa shape index (κ1) is 16.3. The quantitative estimate of drug-likeness (QED) is 0.368. The number of carbonyl (C=O) groups is 1. The molecule has 0 amide bonds. The van der Waals surface area contributed by atoms with E-state index in [0.29, 0.717) is 0 Å². The van der Waals surface area contributed by atoms with Gasteiger partial charge in [-0.05, 0) is 13.0 Å². The molecule has 9 heteroatoms. The van der Waals surface area contributed by atoms with Crippen LogP contribution in [0, 0.1) is 0 Å². The zero-order valence-corrected chi connectivity index (χ0v) is 11.2. The number of aliphatic hydroxyl groups excluding tert-OH is 4. The highest BCUT2D eigenvalue weighted by atomic mass is 16.7. The van der Waals surface area contributed by atoms with E-state index in [4.69, 9.17) is 19.3 Å². The molecule has 2 rings (SSSR count). The number of aliphatic hydroxyl groups is 5. The van der Waals surface area contributed by atoms with E-state index in [1.54, 1.807) is 0 Å². The van der Waals surface area contributed by atoms with Crippen LogP contribution in [0.4, 0.5) is 0 Å². The molecule has 5 N–H and O–H groups in total. The summed E-state index contributed by atoms with van der Waals surface area (Å²) in [5.41, 5.74) is 0. The number of ether oxygens (including phenoxy) is 3. The van der Waals surface area contributed by atoms with Crippen molar-refractivity contribution in [3.63, 3.8) is 0 Å². The summed E-state index contributed by atoms with van der Waals surface area (Å²) < 4.78 is 15.1. The van der Waals surface area contributed by atoms with Crippen LogP contribution >= 0.6 is 0 Å². The topological polar surface area (TPSA) is 146 Å². The summed E-state index contributed by atoms with van der Waals surface area (Å²) in [5.74, 6) is -3.22. The molecular formula is C12H18O9. The molecule has 6 atom stereocenters. The second-order valence-electron chi connectivity index (χ2n) is 5.01. The predicted octanol–water partition coefficient (Wildman–Crippen LogP) is -3.01. The second kappa shape index (κ2) is 5.97. The predicted molar refractivity (Wildman–Crippen MR) is 64.5 cm³/mol. The second-order valence-corrected chi connectivity index (χ2v) is 5.01. The summed E-state index contributed by atoms with van der Waals surface area (Å²) >= 11 is 0. The van der Waals surface area contributed by atoms with Gasteiger partial charge in [0, 0.05) is 0 Å². The zero-order valence-electron chi connectivity index (χ0n) is 11.2. The Balaban J connectivity index is 2.11. The van der Waals surface area contributed by atoms with Crippen LogP contribution in [0.1, 0.15) is 6.92 Å². The lowest BCUT2D eigenvalue weighted by Gasteiger charge is -2.40. The van der Waals surface area contributed by atoms with Gasteiger partial charge in [-0.3, -0.25) is 4.79 Å². The van der Waals surface area contributed by atoms with Crippen molar-refractivity contribution in [2.24, 2.45) is 0 Å². The molecular weight excluding hydrogens is 288 g/mol. The molecule has 2 aliphatic heterocycles. The fourth-order valence-corrected chi connectivity index (χ4v) is 2.06. The van der Waals surface area contributed by atoms with Crippen molar-refractivity contribution in [3.8, 4) is 0 Å². The largest absolute Gasteiger partial charge is 0.458 e. The first-order valence-electron chi connectivity index (χ1n) is 6.36. The molecule has 0 aromatic carbocycles. The van der Waals surface area contributed by atoms with Crippen molar-refractivity contribution in [1.82, 2.24) is 0 Å². The van der Waals surface area contributed by atoms with Gasteiger partial charge >= 0.3 is 0 Å². The van der Waals surface area contributed by atoms with Crippen molar-refractivity contribution in [1.29, 1.82) is 0 Å².